The Morgan fingerprint density at radius 2 is 1.94 bits per heavy atom. The molecule has 0 bridgehead atoms. The number of carbonyl (C=O) groups is 1. The van der Waals surface area contributed by atoms with E-state index in [1.165, 1.54) is 34.5 Å². The number of rotatable bonds is 3. The number of carboxylic acid groups (broad SMARTS) is 1. The van der Waals surface area contributed by atoms with Crippen molar-refractivity contribution in [1.29, 1.82) is 0 Å². The summed E-state index contributed by atoms with van der Waals surface area (Å²) in [6.45, 7) is 3.39. The Labute approximate surface area is 192 Å². The van der Waals surface area contributed by atoms with Crippen LogP contribution in [0.3, 0.4) is 0 Å². The summed E-state index contributed by atoms with van der Waals surface area (Å²) in [5.74, 6) is -2.93. The topological polar surface area (TPSA) is 40.5 Å². The van der Waals surface area contributed by atoms with Crippen LogP contribution in [0.25, 0.3) is 11.1 Å². The Balaban J connectivity index is 1.65. The van der Waals surface area contributed by atoms with Crippen LogP contribution in [-0.4, -0.2) is 50.9 Å². The molecule has 1 radical (unpaired) electrons. The molecule has 1 N–H and O–H groups in total. The van der Waals surface area contributed by atoms with Crippen molar-refractivity contribution in [2.24, 2.45) is 0 Å². The minimum atomic E-state index is -1.27. The van der Waals surface area contributed by atoms with Gasteiger partial charge in [0.05, 0.1) is 0 Å². The van der Waals surface area contributed by atoms with Crippen LogP contribution in [0.4, 0.5) is 15.8 Å². The maximum atomic E-state index is 13.9. The van der Waals surface area contributed by atoms with Gasteiger partial charge in [-0.05, 0) is 0 Å². The number of halogens is 2. The second-order valence-electron chi connectivity index (χ2n) is 8.15. The molecule has 1 spiro atoms. The molecule has 2 heterocycles. The Hall–Kier alpha value is -1.86. The van der Waals surface area contributed by atoms with Gasteiger partial charge in [-0.3, -0.25) is 0 Å². The molecule has 3 aromatic rings. The molecule has 31 heavy (non-hydrogen) atoms. The van der Waals surface area contributed by atoms with Crippen molar-refractivity contribution >= 4 is 54.4 Å². The first-order valence-electron chi connectivity index (χ1n) is 10.2. The normalized spacial score (nSPS) is 22.9. The zero-order chi connectivity index (χ0) is 21.8. The van der Waals surface area contributed by atoms with E-state index in [4.69, 9.17) is 11.6 Å². The third kappa shape index (κ3) is 3.80. The number of hydrogen-bond acceptors (Lipinski definition) is 2. The van der Waals surface area contributed by atoms with Crippen molar-refractivity contribution in [2.75, 3.05) is 23.8 Å². The summed E-state index contributed by atoms with van der Waals surface area (Å²) < 4.78 is 15.3. The number of para-hydroxylation sites is 1. The number of hydrogen-bond donors (Lipinski definition) is 1. The Bertz CT molecular complexity index is 1190. The zero-order valence-corrected chi connectivity index (χ0v) is 20.5. The summed E-state index contributed by atoms with van der Waals surface area (Å²) in [5.41, 5.74) is 4.25. The number of benzene rings is 3. The van der Waals surface area contributed by atoms with Crippen molar-refractivity contribution in [1.82, 2.24) is 0 Å². The number of aromatic carboxylic acids is 1. The summed E-state index contributed by atoms with van der Waals surface area (Å²) in [6.07, 6.45) is 2.64. The van der Waals surface area contributed by atoms with Crippen LogP contribution in [0.1, 0.15) is 17.3 Å². The first-order chi connectivity index (χ1) is 14.9. The number of anilines is 2. The minimum absolute atomic E-state index is 0.0262. The number of fused-ring (bicyclic) bond motifs is 1. The molecule has 2 atom stereocenters. The van der Waals surface area contributed by atoms with Crippen LogP contribution in [0.5, 0.6) is 0 Å². The Morgan fingerprint density at radius 3 is 2.61 bits per heavy atom. The fourth-order valence-corrected chi connectivity index (χ4v) is 17.8. The predicted octanol–water partition coefficient (Wildman–Crippen LogP) is 5.66. The summed E-state index contributed by atoms with van der Waals surface area (Å²) in [6, 6.07) is 18.8. The zero-order valence-electron chi connectivity index (χ0n) is 16.9. The monoisotopic (exact) mass is 515 g/mol. The van der Waals surface area contributed by atoms with E-state index in [0.29, 0.717) is 10.6 Å². The summed E-state index contributed by atoms with van der Waals surface area (Å²) >= 11 is 6.77. The van der Waals surface area contributed by atoms with Crippen molar-refractivity contribution in [3.8, 4) is 11.1 Å². The van der Waals surface area contributed by atoms with Crippen LogP contribution in [0, 0.1) is 5.82 Å². The van der Waals surface area contributed by atoms with E-state index in [1.54, 1.807) is 6.07 Å². The maximum absolute atomic E-state index is 13.9. The van der Waals surface area contributed by atoms with Gasteiger partial charge in [0, 0.05) is 0 Å². The molecular formula is C24H21AsClFNO2P+. The van der Waals surface area contributed by atoms with Gasteiger partial charge in [-0.2, -0.15) is 0 Å². The van der Waals surface area contributed by atoms with Crippen LogP contribution in [0.2, 0.25) is 5.02 Å². The summed E-state index contributed by atoms with van der Waals surface area (Å²) in [4.78, 5) is 13.8. The third-order valence-electron chi connectivity index (χ3n) is 6.22. The molecule has 2 aliphatic heterocycles. The van der Waals surface area contributed by atoms with Gasteiger partial charge in [0.25, 0.3) is 0 Å². The van der Waals surface area contributed by atoms with Gasteiger partial charge in [0.15, 0.2) is 0 Å². The van der Waals surface area contributed by atoms with E-state index >= 15 is 0 Å². The summed E-state index contributed by atoms with van der Waals surface area (Å²) in [7, 11) is 0. The molecule has 1 saturated heterocycles. The third-order valence-corrected chi connectivity index (χ3v) is 20.0. The van der Waals surface area contributed by atoms with Crippen molar-refractivity contribution in [2.45, 2.75) is 12.6 Å². The Kier molecular flexibility index (Phi) is 5.37. The first kappa shape index (κ1) is 21.0. The Morgan fingerprint density at radius 1 is 1.19 bits per heavy atom. The summed E-state index contributed by atoms with van der Waals surface area (Å²) in [5, 5.41) is 9.89. The molecule has 2 aliphatic rings. The van der Waals surface area contributed by atoms with Crippen molar-refractivity contribution in [3.05, 3.63) is 77.1 Å². The molecule has 7 heteroatoms. The first-order valence-corrected chi connectivity index (χ1v) is 16.2. The number of carboxylic acids is 1. The average molecular weight is 516 g/mol. The van der Waals surface area contributed by atoms with Crippen molar-refractivity contribution < 1.29 is 14.3 Å². The molecular weight excluding hydrogens is 495 g/mol. The van der Waals surface area contributed by atoms with E-state index in [0.717, 1.165) is 23.5 Å². The fraction of sp³-hybridized carbons (Fsp3) is 0.208. The van der Waals surface area contributed by atoms with Crippen LogP contribution in [0.15, 0.2) is 60.7 Å². The molecule has 157 valence electrons. The van der Waals surface area contributed by atoms with Crippen LogP contribution >= 0.6 is 17.4 Å². The number of nitrogens with zero attached hydrogens (tertiary/aromatic N) is 1. The van der Waals surface area contributed by atoms with E-state index in [2.05, 4.69) is 42.2 Å². The molecule has 3 aromatic carbocycles. The second-order valence-corrected chi connectivity index (χ2v) is 19.7. The molecule has 3 nitrogen and oxygen atoms in total. The second kappa shape index (κ2) is 7.92. The standard InChI is InChI=1S/C24H21AsClFNO2P/c1-15-14-31(15)10-9-28(17-5-3-2-4-6-17)23-13-21(26)18(12-20(23)25-31)16-7-8-22(27)19(11-16)24(29)30/h2-8,11-13,15H,9-10,14H2,1H3,(H,29,30)/q+1. The molecule has 5 rings (SSSR count). The molecule has 2 unspecified atom stereocenters. The van der Waals surface area contributed by atoms with Gasteiger partial charge >= 0.3 is 193 Å². The van der Waals surface area contributed by atoms with Gasteiger partial charge in [-0.1, -0.05) is 0 Å². The fourth-order valence-electron chi connectivity index (χ4n) is 4.32. The molecule has 1 fully saturated rings. The van der Waals surface area contributed by atoms with E-state index < -0.39 is 17.6 Å². The van der Waals surface area contributed by atoms with Crippen molar-refractivity contribution in [3.63, 3.8) is 0 Å². The average Bonchev–Trinajstić information content (AvgIpc) is 3.43. The van der Waals surface area contributed by atoms with Gasteiger partial charge in [-0.25, -0.2) is 0 Å². The molecule has 0 amide bonds. The molecule has 0 aromatic heterocycles. The van der Waals surface area contributed by atoms with E-state index in [-0.39, 0.29) is 20.9 Å². The molecule has 0 saturated carbocycles. The quantitative estimate of drug-likeness (QED) is 0.361. The predicted molar refractivity (Wildman–Crippen MR) is 129 cm³/mol. The SMILES string of the molecule is CC1C[P+]12CCN(c1ccccc1)c1cc(Cl)c(-c3ccc(F)c(C(=O)O)c3)cc1[As]2. The molecule has 0 aliphatic carbocycles. The van der Waals surface area contributed by atoms with Gasteiger partial charge < -0.3 is 0 Å². The van der Waals surface area contributed by atoms with E-state index in [1.807, 2.05) is 12.1 Å². The van der Waals surface area contributed by atoms with Crippen LogP contribution < -0.4 is 9.25 Å². The van der Waals surface area contributed by atoms with Gasteiger partial charge in [0.1, 0.15) is 0 Å². The van der Waals surface area contributed by atoms with Crippen LogP contribution in [-0.2, 0) is 0 Å². The van der Waals surface area contributed by atoms with Gasteiger partial charge in [-0.15, -0.1) is 0 Å². The van der Waals surface area contributed by atoms with E-state index in [9.17, 15) is 14.3 Å². The van der Waals surface area contributed by atoms with Gasteiger partial charge in [0.2, 0.25) is 0 Å².